The van der Waals surface area contributed by atoms with Gasteiger partial charge in [-0.1, -0.05) is 262 Å². The molecule has 0 bridgehead atoms. The van der Waals surface area contributed by atoms with Crippen molar-refractivity contribution in [3.8, 4) is 17.2 Å². The first-order chi connectivity index (χ1) is 64.8. The molecular weight excluding hydrogens is 1850 g/mol. The van der Waals surface area contributed by atoms with Crippen molar-refractivity contribution in [3.05, 3.63) is 159 Å². The van der Waals surface area contributed by atoms with E-state index >= 15 is 0 Å². The Labute approximate surface area is 860 Å². The number of ether oxygens (including phenoxy) is 2. The van der Waals surface area contributed by atoms with E-state index in [0.717, 1.165) is 80.5 Å². The number of methoxy groups -OCH3 is 2. The first-order valence-corrected chi connectivity index (χ1v) is 60.6. The molecular formula is C117H184B2Cl3NO13P3-. The normalized spacial score (nSPS) is 34.8. The molecule has 0 saturated heterocycles. The number of hydrogen-bond acceptors (Lipinski definition) is 14. The van der Waals surface area contributed by atoms with Crippen LogP contribution in [0, 0.1) is 124 Å². The second kappa shape index (κ2) is 46.4. The minimum atomic E-state index is -3.77. The molecule has 139 heavy (non-hydrogen) atoms. The Morgan fingerprint density at radius 2 is 0.727 bits per heavy atom. The van der Waals surface area contributed by atoms with Crippen LogP contribution in [0.2, 0.25) is 0 Å². The standard InChI is InChI=1S/C41H63O5P.C36H54ClO3P.C30H50O.C6H5Cl2O2P.C4H9NO2.B2H3/c1-28(2)15-14-16-29(3)32-21-25-41(9)34-19-20-35-38(5,6)36(23-24-39(35,7)33(34)22-26-40(32,41)8)46-47(43,27-30(4)37(42)44-10)45-31-17-12-11-13-18-31;1-25(2)13-12-14-26(3)28-19-23-36(8)30-17-18-31-33(4,5)32(40-41(37,38)39-27-15-10-9-11-16-27)21-22-34(31,6)29(30)20-24-35(28,36)7;1-20(2)10-9-11-21(3)22-14-18-30(8)24-12-13-25-27(4,5)26(31)16-17-28(25,6)23(24)15-19-29(22,30)7;7-11(8,9)10-6-4-2-1-3-5-6;1-3(5)4(6)7-2;1-2/h11-13,15,17-18,29-30,32,35-36H,14,16,19-27H2,1-10H3;9-11,13,15-16,26,28,31-32H,12,14,17-24H2,1-8H3;10,21-22,25-26,31H,9,11-19H2,1-8H3;1-5H;3H,5H2,1-2H3;1H3/q;;;;;-1/t29-,30+,32-,35?,36+,39-,40-,41+,47?;26-,28-,31?,32+,34-,35-,36+,41?;21-,22-,25?,26+,28-,29-,30+;;3-;/m111.1./s1. The molecule has 15 rings (SSSR count). The maximum Gasteiger partial charge on any atom is 0.477 e. The third-order valence-corrected chi connectivity index (χ3v) is 44.3. The van der Waals surface area contributed by atoms with Crippen molar-refractivity contribution in [3.63, 3.8) is 0 Å². The molecule has 0 aromatic heterocycles. The number of carbonyl (C=O) groups is 2. The second-order valence-corrected chi connectivity index (χ2v) is 58.1. The molecule has 0 heterocycles. The van der Waals surface area contributed by atoms with E-state index in [1.165, 1.54) is 179 Å². The summed E-state index contributed by atoms with van der Waals surface area (Å²) < 4.78 is 77.2. The molecule has 5 unspecified atom stereocenters. The zero-order valence-electron chi connectivity index (χ0n) is 90.4. The van der Waals surface area contributed by atoms with Gasteiger partial charge in [-0.15, -0.1) is 0 Å². The largest absolute Gasteiger partial charge is 0.477 e. The Hall–Kier alpha value is -4.03. The van der Waals surface area contributed by atoms with Gasteiger partial charge in [-0.05, 0) is 396 Å². The molecule has 0 amide bonds. The molecule has 3 N–H and O–H groups in total. The first kappa shape index (κ1) is 117. The van der Waals surface area contributed by atoms with Crippen LogP contribution in [0.5, 0.6) is 17.2 Å². The van der Waals surface area contributed by atoms with Gasteiger partial charge in [-0.25, -0.2) is 13.7 Å². The number of esters is 2. The lowest BCUT2D eigenvalue weighted by molar-refractivity contribution is -0.144. The molecule has 0 aliphatic heterocycles. The fraction of sp³-hybridized carbons (Fsp3) is 0.726. The molecule has 6 fully saturated rings. The van der Waals surface area contributed by atoms with Crippen molar-refractivity contribution in [1.82, 2.24) is 0 Å². The van der Waals surface area contributed by atoms with Gasteiger partial charge in [-0.3, -0.25) is 18.6 Å². The highest BCUT2D eigenvalue weighted by molar-refractivity contribution is 8.05. The van der Waals surface area contributed by atoms with Gasteiger partial charge in [-0.2, -0.15) is 7.74 Å². The Balaban J connectivity index is 0.000000197. The Morgan fingerprint density at radius 1 is 0.417 bits per heavy atom. The molecule has 14 nitrogen and oxygen atoms in total. The predicted octanol–water partition coefficient (Wildman–Crippen LogP) is 33.6. The fourth-order valence-electron chi connectivity index (χ4n) is 31.9. The molecule has 778 valence electrons. The summed E-state index contributed by atoms with van der Waals surface area (Å²) >= 11 is 16.8. The average Bonchev–Trinajstić information content (AvgIpc) is 1.51. The van der Waals surface area contributed by atoms with Crippen molar-refractivity contribution in [2.24, 2.45) is 130 Å². The monoisotopic (exact) mass is 2030 g/mol. The van der Waals surface area contributed by atoms with Gasteiger partial charge in [0.25, 0.3) is 0 Å². The van der Waals surface area contributed by atoms with Gasteiger partial charge < -0.3 is 33.9 Å². The smallest absolute Gasteiger partial charge is 0.469 e. The third-order valence-electron chi connectivity index (χ3n) is 40.0. The lowest BCUT2D eigenvalue weighted by Crippen LogP contribution is -2.55. The van der Waals surface area contributed by atoms with E-state index in [0.29, 0.717) is 67.5 Å². The summed E-state index contributed by atoms with van der Waals surface area (Å²) in [5.41, 5.74) is 22.7. The first-order valence-electron chi connectivity index (χ1n) is 53.0. The molecule has 25 atom stereocenters. The SMILES string of the molecule is CC(C)=CCC[C@@H](C)[C@H]1CC[C@@]2(C)C3=C(CC[C@]12C)[C@@]1(C)CC[C@H](O)C(C)(C)C1CC3.CC(C)=CCC[C@@H](C)[C@H]1CC[C@@]2(C)C3=C(CC[C@]12C)[C@@]1(C)CC[C@H](OP(=O)(Cl)Oc2ccccc2)C(C)(C)C1CC3.COC(=O)[C@@H](C)CP(=O)(Oc1ccccc1)O[C@H]1CC[C@]2(C)C3=C(CCC2C1(C)C)[C@]1(C)CC[C@H]([C@H](C)CCC=C(C)C)[C@@]1(C)CC3.COC(=O)[C@@H](C)N.O=P(Cl)(Cl)Oc1ccccc1.[B][BH3-]. The maximum absolute atomic E-state index is 14.6. The van der Waals surface area contributed by atoms with E-state index in [9.17, 15) is 28.4 Å². The lowest BCUT2D eigenvalue weighted by atomic mass is 9.43. The van der Waals surface area contributed by atoms with Crippen LogP contribution >= 0.6 is 54.3 Å². The van der Waals surface area contributed by atoms with Crippen LogP contribution in [0.3, 0.4) is 0 Å². The van der Waals surface area contributed by atoms with Gasteiger partial charge in [0, 0.05) is 33.7 Å². The number of aliphatic hydroxyl groups is 1. The number of aliphatic hydroxyl groups excluding tert-OH is 1. The van der Waals surface area contributed by atoms with Crippen molar-refractivity contribution in [2.45, 2.75) is 397 Å². The summed E-state index contributed by atoms with van der Waals surface area (Å²) in [7, 11) is 3.99. The minimum absolute atomic E-state index is 0.0107. The number of benzene rings is 3. The molecule has 3 aromatic rings. The maximum atomic E-state index is 14.6. The number of allylic oxidation sites excluding steroid dienone is 12. The Bertz CT molecular complexity index is 5020. The zero-order valence-corrected chi connectivity index (χ0v) is 95.3. The minimum Gasteiger partial charge on any atom is -0.469 e. The summed E-state index contributed by atoms with van der Waals surface area (Å²) in [6.07, 6.45) is 40.0. The molecule has 12 aliphatic rings. The number of para-hydroxylation sites is 3. The number of fused-ring (bicyclic) bond motifs is 12. The third kappa shape index (κ3) is 24.6. The van der Waals surface area contributed by atoms with Crippen LogP contribution in [0.4, 0.5) is 0 Å². The highest BCUT2D eigenvalue weighted by Crippen LogP contribution is 2.78. The van der Waals surface area contributed by atoms with E-state index in [2.05, 4.69) is 194 Å². The van der Waals surface area contributed by atoms with Gasteiger partial charge in [0.2, 0.25) is 0 Å². The number of rotatable bonds is 26. The van der Waals surface area contributed by atoms with E-state index in [4.69, 9.17) is 70.0 Å². The van der Waals surface area contributed by atoms with Crippen molar-refractivity contribution < 1.29 is 60.5 Å². The van der Waals surface area contributed by atoms with Crippen LogP contribution in [0.1, 0.15) is 373 Å². The summed E-state index contributed by atoms with van der Waals surface area (Å²) in [6, 6.07) is 26.4. The van der Waals surface area contributed by atoms with E-state index < -0.39 is 38.5 Å². The van der Waals surface area contributed by atoms with Crippen molar-refractivity contribution >= 4 is 81.8 Å². The van der Waals surface area contributed by atoms with Gasteiger partial charge in [0.1, 0.15) is 23.3 Å². The number of carbonyl (C=O) groups excluding carboxylic acids is 2. The molecule has 0 spiro atoms. The molecule has 22 heteroatoms. The number of halogens is 3. The lowest BCUT2D eigenvalue weighted by Gasteiger charge is -2.62. The van der Waals surface area contributed by atoms with Crippen LogP contribution in [-0.2, 0) is 41.8 Å². The van der Waals surface area contributed by atoms with Gasteiger partial charge in [0.15, 0.2) is 0 Å². The summed E-state index contributed by atoms with van der Waals surface area (Å²) in [6.45, 7) is 58.1. The van der Waals surface area contributed by atoms with E-state index in [1.54, 1.807) is 85.2 Å². The van der Waals surface area contributed by atoms with Crippen LogP contribution < -0.4 is 19.3 Å². The quantitative estimate of drug-likeness (QED) is 0.0333. The zero-order chi connectivity index (χ0) is 103. The van der Waals surface area contributed by atoms with Crippen molar-refractivity contribution in [1.29, 1.82) is 0 Å². The summed E-state index contributed by atoms with van der Waals surface area (Å²) in [4.78, 5) is 22.6. The van der Waals surface area contributed by atoms with Crippen LogP contribution in [0.15, 0.2) is 159 Å². The number of hydrogen-bond donors (Lipinski definition) is 2. The van der Waals surface area contributed by atoms with E-state index in [-0.39, 0.29) is 70.7 Å². The molecule has 6 saturated carbocycles. The highest BCUT2D eigenvalue weighted by Gasteiger charge is 2.68. The summed E-state index contributed by atoms with van der Waals surface area (Å²) in [5, 5.41) is 10.8. The van der Waals surface area contributed by atoms with Gasteiger partial charge >= 0.3 is 32.6 Å². The summed E-state index contributed by atoms with van der Waals surface area (Å²) in [5.74, 6) is 6.32. The van der Waals surface area contributed by atoms with Crippen molar-refractivity contribution in [2.75, 3.05) is 20.4 Å². The van der Waals surface area contributed by atoms with Crippen LogP contribution in [0.25, 0.3) is 0 Å². The average molecular weight is 2030 g/mol. The van der Waals surface area contributed by atoms with Gasteiger partial charge in [0.05, 0.1) is 44.6 Å². The fourth-order valence-corrected chi connectivity index (χ4v) is 36.6. The predicted molar refractivity (Wildman–Crippen MR) is 585 cm³/mol. The van der Waals surface area contributed by atoms with Crippen LogP contribution in [-0.4, -0.2) is 77.3 Å². The Kier molecular flexibility index (Phi) is 39.0. The van der Waals surface area contributed by atoms with E-state index in [1.807, 2.05) is 53.1 Å². The molecule has 2 radical (unpaired) electrons. The Morgan fingerprint density at radius 3 is 1.04 bits per heavy atom. The highest BCUT2D eigenvalue weighted by atomic mass is 35.9. The number of nitrogens with two attached hydrogens (primary N) is 1. The second-order valence-electron chi connectivity index (χ2n) is 49.5. The topological polar surface area (TPSA) is 196 Å². The molecule has 3 aromatic carbocycles. The molecule has 12 aliphatic carbocycles.